The van der Waals surface area contributed by atoms with Gasteiger partial charge in [-0.1, -0.05) is 23.2 Å². The number of aromatic carboxylic acids is 1. The van der Waals surface area contributed by atoms with Crippen molar-refractivity contribution in [2.75, 3.05) is 19.0 Å². The number of anilines is 1. The fourth-order valence-corrected chi connectivity index (χ4v) is 4.59. The molecular formula is C24H22Cl2N4O3. The number of fused-ring (bicyclic) bond motifs is 1. The summed E-state index contributed by atoms with van der Waals surface area (Å²) in [7, 11) is 1.65. The van der Waals surface area contributed by atoms with E-state index in [-0.39, 0.29) is 10.6 Å². The van der Waals surface area contributed by atoms with Crippen LogP contribution in [0.4, 0.5) is 5.82 Å². The minimum atomic E-state index is -1.06. The molecule has 0 fully saturated rings. The first-order valence-electron chi connectivity index (χ1n) is 10.2. The lowest BCUT2D eigenvalue weighted by Crippen LogP contribution is -2.12. The fourth-order valence-electron chi connectivity index (χ4n) is 3.98. The van der Waals surface area contributed by atoms with Crippen molar-refractivity contribution >= 4 is 45.9 Å². The Kier molecular flexibility index (Phi) is 6.44. The molecule has 0 atom stereocenters. The third-order valence-electron chi connectivity index (χ3n) is 5.50. The third kappa shape index (κ3) is 4.47. The van der Waals surface area contributed by atoms with E-state index in [0.717, 1.165) is 27.9 Å². The van der Waals surface area contributed by atoms with E-state index in [9.17, 15) is 9.90 Å². The second-order valence-corrected chi connectivity index (χ2v) is 8.43. The number of aromatic nitrogens is 3. The Morgan fingerprint density at radius 2 is 1.91 bits per heavy atom. The molecule has 170 valence electrons. The van der Waals surface area contributed by atoms with Crippen LogP contribution in [0.3, 0.4) is 0 Å². The number of methoxy groups -OCH3 is 1. The summed E-state index contributed by atoms with van der Waals surface area (Å²) in [6.07, 6.45) is 1.46. The van der Waals surface area contributed by atoms with Gasteiger partial charge in [0.2, 0.25) is 0 Å². The zero-order chi connectivity index (χ0) is 23.7. The van der Waals surface area contributed by atoms with Gasteiger partial charge in [-0.3, -0.25) is 0 Å². The van der Waals surface area contributed by atoms with Crippen LogP contribution in [0.25, 0.3) is 22.2 Å². The van der Waals surface area contributed by atoms with E-state index in [0.29, 0.717) is 35.2 Å². The van der Waals surface area contributed by atoms with Crippen LogP contribution in [0, 0.1) is 13.8 Å². The third-order valence-corrected chi connectivity index (χ3v) is 6.11. The topological polar surface area (TPSA) is 89.3 Å². The average Bonchev–Trinajstić information content (AvgIpc) is 3.10. The summed E-state index contributed by atoms with van der Waals surface area (Å²) in [6.45, 7) is 5.01. The maximum absolute atomic E-state index is 11.4. The SMILES string of the molecule is COc1ccc(Cl)c2c1cc(C)n2CCNc1cc(-c2cc(C)c(C(=O)O)c(Cl)c2)ncn1. The lowest BCUT2D eigenvalue weighted by atomic mass is 10.0. The minimum absolute atomic E-state index is 0.0948. The molecule has 0 amide bonds. The van der Waals surface area contributed by atoms with E-state index in [1.165, 1.54) is 6.33 Å². The Labute approximate surface area is 201 Å². The highest BCUT2D eigenvalue weighted by molar-refractivity contribution is 6.35. The molecule has 0 saturated carbocycles. The summed E-state index contributed by atoms with van der Waals surface area (Å²) >= 11 is 12.7. The number of carboxylic acids is 1. The van der Waals surface area contributed by atoms with Gasteiger partial charge < -0.3 is 19.7 Å². The van der Waals surface area contributed by atoms with Gasteiger partial charge in [-0.2, -0.15) is 0 Å². The Balaban J connectivity index is 1.54. The van der Waals surface area contributed by atoms with Gasteiger partial charge in [0.15, 0.2) is 0 Å². The van der Waals surface area contributed by atoms with Crippen molar-refractivity contribution in [2.45, 2.75) is 20.4 Å². The van der Waals surface area contributed by atoms with E-state index in [1.54, 1.807) is 26.2 Å². The molecular weight excluding hydrogens is 463 g/mol. The van der Waals surface area contributed by atoms with Crippen molar-refractivity contribution in [1.82, 2.24) is 14.5 Å². The number of carbonyl (C=O) groups is 1. The van der Waals surface area contributed by atoms with Gasteiger partial charge in [-0.25, -0.2) is 14.8 Å². The van der Waals surface area contributed by atoms with Crippen molar-refractivity contribution in [3.8, 4) is 17.0 Å². The van der Waals surface area contributed by atoms with Gasteiger partial charge in [0, 0.05) is 35.8 Å². The Morgan fingerprint density at radius 3 is 2.61 bits per heavy atom. The number of aryl methyl sites for hydroxylation is 2. The molecule has 0 radical (unpaired) electrons. The molecule has 0 aliphatic carbocycles. The summed E-state index contributed by atoms with van der Waals surface area (Å²) in [6, 6.07) is 10.9. The molecule has 4 aromatic rings. The maximum Gasteiger partial charge on any atom is 0.337 e. The van der Waals surface area contributed by atoms with Crippen LogP contribution in [0.2, 0.25) is 10.0 Å². The van der Waals surface area contributed by atoms with Crippen LogP contribution in [0.1, 0.15) is 21.6 Å². The molecule has 0 bridgehead atoms. The second-order valence-electron chi connectivity index (χ2n) is 7.62. The van der Waals surface area contributed by atoms with Gasteiger partial charge >= 0.3 is 5.97 Å². The smallest absolute Gasteiger partial charge is 0.337 e. The molecule has 4 rings (SSSR count). The number of carboxylic acid groups (broad SMARTS) is 1. The summed E-state index contributed by atoms with van der Waals surface area (Å²) in [5, 5.41) is 14.5. The molecule has 0 aliphatic rings. The molecule has 33 heavy (non-hydrogen) atoms. The van der Waals surface area contributed by atoms with Crippen molar-refractivity contribution in [3.63, 3.8) is 0 Å². The Bertz CT molecular complexity index is 1340. The summed E-state index contributed by atoms with van der Waals surface area (Å²) < 4.78 is 7.61. The Hall–Kier alpha value is -3.29. The van der Waals surface area contributed by atoms with E-state index in [1.807, 2.05) is 25.1 Å². The zero-order valence-electron chi connectivity index (χ0n) is 18.3. The first-order chi connectivity index (χ1) is 15.8. The normalized spacial score (nSPS) is 11.1. The molecule has 0 saturated heterocycles. The van der Waals surface area contributed by atoms with Crippen LogP contribution in [0.15, 0.2) is 42.7 Å². The second kappa shape index (κ2) is 9.29. The van der Waals surface area contributed by atoms with Gasteiger partial charge in [-0.05, 0) is 49.7 Å². The molecule has 2 heterocycles. The monoisotopic (exact) mass is 484 g/mol. The van der Waals surface area contributed by atoms with Crippen LogP contribution in [-0.2, 0) is 6.54 Å². The predicted octanol–water partition coefficient (Wildman–Crippen LogP) is 5.84. The van der Waals surface area contributed by atoms with Crippen molar-refractivity contribution in [2.24, 2.45) is 0 Å². The van der Waals surface area contributed by atoms with Crippen molar-refractivity contribution in [3.05, 3.63) is 69.6 Å². The number of nitrogens with one attached hydrogen (secondary N) is 1. The number of halogens is 2. The molecule has 0 unspecified atom stereocenters. The summed E-state index contributed by atoms with van der Waals surface area (Å²) in [5.41, 5.74) is 4.04. The highest BCUT2D eigenvalue weighted by Gasteiger charge is 2.16. The van der Waals surface area contributed by atoms with E-state index < -0.39 is 5.97 Å². The first kappa shape index (κ1) is 22.9. The largest absolute Gasteiger partial charge is 0.496 e. The standard InChI is InChI=1S/C24H22Cl2N4O3/c1-13-8-15(10-18(26)22(13)24(31)32)19-11-21(29-12-28-19)27-6-7-30-14(2)9-16-20(33-3)5-4-17(25)23(16)30/h4-5,8-12H,6-7H2,1-3H3,(H,31,32)(H,27,28,29). The van der Waals surface area contributed by atoms with Crippen LogP contribution < -0.4 is 10.1 Å². The fraction of sp³-hybridized carbons (Fsp3) is 0.208. The van der Waals surface area contributed by atoms with E-state index >= 15 is 0 Å². The zero-order valence-corrected chi connectivity index (χ0v) is 19.8. The molecule has 2 aromatic carbocycles. The van der Waals surface area contributed by atoms with Crippen LogP contribution >= 0.6 is 23.2 Å². The van der Waals surface area contributed by atoms with Gasteiger partial charge in [0.25, 0.3) is 0 Å². The highest BCUT2D eigenvalue weighted by Crippen LogP contribution is 2.34. The highest BCUT2D eigenvalue weighted by atomic mass is 35.5. The number of ether oxygens (including phenoxy) is 1. The quantitative estimate of drug-likeness (QED) is 0.342. The molecule has 7 nitrogen and oxygen atoms in total. The number of benzene rings is 2. The Morgan fingerprint density at radius 1 is 1.12 bits per heavy atom. The molecule has 0 aliphatic heterocycles. The molecule has 0 spiro atoms. The minimum Gasteiger partial charge on any atom is -0.496 e. The van der Waals surface area contributed by atoms with Crippen molar-refractivity contribution in [1.29, 1.82) is 0 Å². The van der Waals surface area contributed by atoms with E-state index in [2.05, 4.69) is 25.9 Å². The predicted molar refractivity (Wildman–Crippen MR) is 131 cm³/mol. The molecule has 9 heteroatoms. The van der Waals surface area contributed by atoms with Crippen molar-refractivity contribution < 1.29 is 14.6 Å². The lowest BCUT2D eigenvalue weighted by molar-refractivity contribution is 0.0696. The molecule has 2 aromatic heterocycles. The lowest BCUT2D eigenvalue weighted by Gasteiger charge is -2.12. The van der Waals surface area contributed by atoms with Gasteiger partial charge in [0.1, 0.15) is 17.9 Å². The number of hydrogen-bond donors (Lipinski definition) is 2. The molecule has 2 N–H and O–H groups in total. The van der Waals surface area contributed by atoms with E-state index in [4.69, 9.17) is 27.9 Å². The van der Waals surface area contributed by atoms with Gasteiger partial charge in [-0.15, -0.1) is 0 Å². The summed E-state index contributed by atoms with van der Waals surface area (Å²) in [4.78, 5) is 20.0. The maximum atomic E-state index is 11.4. The number of rotatable bonds is 7. The van der Waals surface area contributed by atoms with Crippen LogP contribution in [0.5, 0.6) is 5.75 Å². The number of nitrogens with zero attached hydrogens (tertiary/aromatic N) is 3. The first-order valence-corrected chi connectivity index (χ1v) is 11.0. The van der Waals surface area contributed by atoms with Crippen LogP contribution in [-0.4, -0.2) is 39.3 Å². The number of hydrogen-bond acceptors (Lipinski definition) is 5. The van der Waals surface area contributed by atoms with Gasteiger partial charge in [0.05, 0.1) is 33.9 Å². The average molecular weight is 485 g/mol. The summed E-state index contributed by atoms with van der Waals surface area (Å²) in [5.74, 6) is 0.376.